The largest absolute Gasteiger partial charge is 0.376 e. The number of para-hydroxylation sites is 1. The van der Waals surface area contributed by atoms with E-state index in [0.717, 1.165) is 17.3 Å². The average Bonchev–Trinajstić information content (AvgIpc) is 2.51. The summed E-state index contributed by atoms with van der Waals surface area (Å²) in [5.41, 5.74) is 7.43. The van der Waals surface area contributed by atoms with Crippen molar-refractivity contribution in [1.82, 2.24) is 4.98 Å². The summed E-state index contributed by atoms with van der Waals surface area (Å²) < 4.78 is 5.64. The normalized spacial score (nSPS) is 24.3. The summed E-state index contributed by atoms with van der Waals surface area (Å²) in [6.07, 6.45) is 0.922. The van der Waals surface area contributed by atoms with Gasteiger partial charge in [-0.2, -0.15) is 5.26 Å². The number of anilines is 1. The fourth-order valence-corrected chi connectivity index (χ4v) is 2.70. The maximum atomic E-state index is 9.32. The number of aromatic nitrogens is 1. The first-order valence-electron chi connectivity index (χ1n) is 7.16. The van der Waals surface area contributed by atoms with Gasteiger partial charge in [-0.05, 0) is 25.5 Å². The molecule has 3 atom stereocenters. The lowest BCUT2D eigenvalue weighted by Crippen LogP contribution is -2.60. The molecule has 0 radical (unpaired) electrons. The molecule has 1 fully saturated rings. The first-order chi connectivity index (χ1) is 10.2. The lowest BCUT2D eigenvalue weighted by Gasteiger charge is -2.42. The number of fused-ring (bicyclic) bond motifs is 1. The van der Waals surface area contributed by atoms with Gasteiger partial charge in [0.15, 0.2) is 0 Å². The van der Waals surface area contributed by atoms with Gasteiger partial charge in [0, 0.05) is 18.0 Å². The van der Waals surface area contributed by atoms with Crippen molar-refractivity contribution in [2.45, 2.75) is 31.5 Å². The predicted molar refractivity (Wildman–Crippen MR) is 81.9 cm³/mol. The quantitative estimate of drug-likeness (QED) is 0.896. The minimum absolute atomic E-state index is 0.00529. The summed E-state index contributed by atoms with van der Waals surface area (Å²) in [6.45, 7) is 2.63. The molecule has 0 saturated heterocycles. The molecule has 2 aromatic rings. The van der Waals surface area contributed by atoms with E-state index in [1.54, 1.807) is 0 Å². The van der Waals surface area contributed by atoms with Crippen molar-refractivity contribution >= 4 is 16.7 Å². The number of benzene rings is 1. The number of nitrogens with zero attached hydrogens (tertiary/aromatic N) is 2. The molecule has 3 N–H and O–H groups in total. The molecule has 108 valence electrons. The van der Waals surface area contributed by atoms with E-state index in [-0.39, 0.29) is 18.2 Å². The van der Waals surface area contributed by atoms with Crippen molar-refractivity contribution in [3.8, 4) is 6.07 Å². The Morgan fingerprint density at radius 2 is 2.29 bits per heavy atom. The zero-order chi connectivity index (χ0) is 14.8. The Balaban J connectivity index is 1.91. The summed E-state index contributed by atoms with van der Waals surface area (Å²) in [7, 11) is 0. The molecule has 5 nitrogen and oxygen atoms in total. The molecule has 3 rings (SSSR count). The Morgan fingerprint density at radius 1 is 1.48 bits per heavy atom. The minimum Gasteiger partial charge on any atom is -0.376 e. The van der Waals surface area contributed by atoms with E-state index >= 15 is 0 Å². The van der Waals surface area contributed by atoms with Gasteiger partial charge in [0.1, 0.15) is 11.9 Å². The maximum Gasteiger partial charge on any atom is 0.145 e. The Morgan fingerprint density at radius 3 is 3.00 bits per heavy atom. The van der Waals surface area contributed by atoms with Gasteiger partial charge in [-0.15, -0.1) is 0 Å². The molecule has 1 aliphatic carbocycles. The standard InChI is InChI=1S/C16H18N4O/c1-2-21-14-8-12(18)15(14)20-16-11(9-17)7-10-5-3-4-6-13(10)19-16/h3-7,12,14-15H,2,8,18H2,1H3,(H,19,20). The van der Waals surface area contributed by atoms with Crippen molar-refractivity contribution in [3.05, 3.63) is 35.9 Å². The second-order valence-electron chi connectivity index (χ2n) is 5.25. The van der Waals surface area contributed by atoms with Crippen LogP contribution >= 0.6 is 0 Å². The van der Waals surface area contributed by atoms with Crippen LogP contribution in [0.25, 0.3) is 10.9 Å². The van der Waals surface area contributed by atoms with Gasteiger partial charge in [0.25, 0.3) is 0 Å². The van der Waals surface area contributed by atoms with Crippen LogP contribution in [0.4, 0.5) is 5.82 Å². The highest BCUT2D eigenvalue weighted by atomic mass is 16.5. The van der Waals surface area contributed by atoms with Crippen LogP contribution in [-0.4, -0.2) is 29.8 Å². The summed E-state index contributed by atoms with van der Waals surface area (Å²) in [4.78, 5) is 4.55. The number of ether oxygens (including phenoxy) is 1. The number of nitrogens with two attached hydrogens (primary N) is 1. The fourth-order valence-electron chi connectivity index (χ4n) is 2.70. The first kappa shape index (κ1) is 13.8. The molecule has 1 saturated carbocycles. The number of hydrogen-bond acceptors (Lipinski definition) is 5. The van der Waals surface area contributed by atoms with Crippen molar-refractivity contribution < 1.29 is 4.74 Å². The van der Waals surface area contributed by atoms with Crippen LogP contribution in [0.2, 0.25) is 0 Å². The van der Waals surface area contributed by atoms with Gasteiger partial charge in [-0.3, -0.25) is 0 Å². The monoisotopic (exact) mass is 282 g/mol. The smallest absolute Gasteiger partial charge is 0.145 e. The van der Waals surface area contributed by atoms with Crippen LogP contribution in [0.15, 0.2) is 30.3 Å². The Kier molecular flexibility index (Phi) is 3.74. The molecule has 3 unspecified atom stereocenters. The van der Waals surface area contributed by atoms with Crippen LogP contribution in [-0.2, 0) is 4.74 Å². The average molecular weight is 282 g/mol. The number of nitriles is 1. The molecule has 1 heterocycles. The summed E-state index contributed by atoms with van der Waals surface area (Å²) >= 11 is 0. The Bertz CT molecular complexity index is 692. The topological polar surface area (TPSA) is 84.0 Å². The zero-order valence-electron chi connectivity index (χ0n) is 11.9. The second kappa shape index (κ2) is 5.68. The molecule has 0 aliphatic heterocycles. The summed E-state index contributed by atoms with van der Waals surface area (Å²) in [5, 5.41) is 13.6. The van der Waals surface area contributed by atoms with Gasteiger partial charge in [-0.25, -0.2) is 4.98 Å². The van der Waals surface area contributed by atoms with Crippen molar-refractivity contribution in [2.75, 3.05) is 11.9 Å². The molecular weight excluding hydrogens is 264 g/mol. The first-order valence-corrected chi connectivity index (χ1v) is 7.16. The van der Waals surface area contributed by atoms with Crippen molar-refractivity contribution in [1.29, 1.82) is 5.26 Å². The summed E-state index contributed by atoms with van der Waals surface area (Å²) in [5.74, 6) is 0.584. The van der Waals surface area contributed by atoms with Crippen molar-refractivity contribution in [2.24, 2.45) is 5.73 Å². The van der Waals surface area contributed by atoms with E-state index < -0.39 is 0 Å². The molecule has 5 heteroatoms. The van der Waals surface area contributed by atoms with E-state index in [1.807, 2.05) is 37.3 Å². The van der Waals surface area contributed by atoms with Crippen LogP contribution in [0.5, 0.6) is 0 Å². The fraction of sp³-hybridized carbons (Fsp3) is 0.375. The number of rotatable bonds is 4. The van der Waals surface area contributed by atoms with Gasteiger partial charge in [-0.1, -0.05) is 18.2 Å². The highest BCUT2D eigenvalue weighted by molar-refractivity contribution is 5.82. The maximum absolute atomic E-state index is 9.32. The highest BCUT2D eigenvalue weighted by Gasteiger charge is 2.39. The third-order valence-electron chi connectivity index (χ3n) is 3.89. The lowest BCUT2D eigenvalue weighted by atomic mass is 9.83. The van der Waals surface area contributed by atoms with Crippen LogP contribution < -0.4 is 11.1 Å². The zero-order valence-corrected chi connectivity index (χ0v) is 11.9. The molecule has 0 amide bonds. The van der Waals surface area contributed by atoms with Crippen LogP contribution in [0, 0.1) is 11.3 Å². The van der Waals surface area contributed by atoms with Gasteiger partial charge in [0.2, 0.25) is 0 Å². The van der Waals surface area contributed by atoms with E-state index in [9.17, 15) is 5.26 Å². The van der Waals surface area contributed by atoms with Crippen LogP contribution in [0.1, 0.15) is 18.9 Å². The van der Waals surface area contributed by atoms with Crippen LogP contribution in [0.3, 0.4) is 0 Å². The third kappa shape index (κ3) is 2.56. The van der Waals surface area contributed by atoms with Gasteiger partial charge in [0.05, 0.1) is 23.2 Å². The van der Waals surface area contributed by atoms with E-state index in [4.69, 9.17) is 10.5 Å². The molecule has 1 aliphatic rings. The molecule has 1 aromatic heterocycles. The highest BCUT2D eigenvalue weighted by Crippen LogP contribution is 2.28. The predicted octanol–water partition coefficient (Wildman–Crippen LogP) is 2.02. The number of pyridine rings is 1. The van der Waals surface area contributed by atoms with Gasteiger partial charge >= 0.3 is 0 Å². The third-order valence-corrected chi connectivity index (χ3v) is 3.89. The Labute approximate surface area is 123 Å². The molecule has 21 heavy (non-hydrogen) atoms. The summed E-state index contributed by atoms with van der Waals surface area (Å²) in [6, 6.07) is 11.8. The molecule has 0 spiro atoms. The number of hydrogen-bond donors (Lipinski definition) is 2. The Hall–Kier alpha value is -2.16. The number of nitrogens with one attached hydrogen (secondary N) is 1. The lowest BCUT2D eigenvalue weighted by molar-refractivity contribution is -0.0127. The van der Waals surface area contributed by atoms with E-state index in [2.05, 4.69) is 16.4 Å². The minimum atomic E-state index is 0.00529. The van der Waals surface area contributed by atoms with Gasteiger partial charge < -0.3 is 15.8 Å². The molecule has 1 aromatic carbocycles. The SMILES string of the molecule is CCOC1CC(N)C1Nc1nc2ccccc2cc1C#N. The molecular formula is C16H18N4O. The van der Waals surface area contributed by atoms with E-state index in [0.29, 0.717) is 18.0 Å². The second-order valence-corrected chi connectivity index (χ2v) is 5.25. The van der Waals surface area contributed by atoms with Crippen molar-refractivity contribution in [3.63, 3.8) is 0 Å². The molecule has 0 bridgehead atoms. The van der Waals surface area contributed by atoms with E-state index in [1.165, 1.54) is 0 Å².